The SMILES string of the molecule is CC1(C)CC(=O)C2=C(C1)N(c1ccccc1C#N)C(=O)CC2c1ccc2ccccc2c1. The molecule has 0 saturated heterocycles. The van der Waals surface area contributed by atoms with Crippen LogP contribution in [0.2, 0.25) is 0 Å². The van der Waals surface area contributed by atoms with E-state index in [4.69, 9.17) is 0 Å². The van der Waals surface area contributed by atoms with Gasteiger partial charge < -0.3 is 0 Å². The Balaban J connectivity index is 1.72. The van der Waals surface area contributed by atoms with Crippen molar-refractivity contribution in [3.8, 4) is 6.07 Å². The number of benzene rings is 3. The lowest BCUT2D eigenvalue weighted by Gasteiger charge is -2.43. The summed E-state index contributed by atoms with van der Waals surface area (Å²) in [6.45, 7) is 4.13. The van der Waals surface area contributed by atoms with Crippen LogP contribution in [0, 0.1) is 16.7 Å². The molecule has 0 bridgehead atoms. The first-order valence-corrected chi connectivity index (χ1v) is 10.9. The van der Waals surface area contributed by atoms with E-state index >= 15 is 0 Å². The van der Waals surface area contributed by atoms with Crippen LogP contribution >= 0.6 is 0 Å². The van der Waals surface area contributed by atoms with Gasteiger partial charge in [0.2, 0.25) is 5.91 Å². The molecule has 1 amide bonds. The van der Waals surface area contributed by atoms with Gasteiger partial charge in [0.15, 0.2) is 5.78 Å². The van der Waals surface area contributed by atoms with Gasteiger partial charge in [-0.1, -0.05) is 68.4 Å². The molecule has 0 aromatic heterocycles. The van der Waals surface area contributed by atoms with Crippen LogP contribution in [-0.2, 0) is 9.59 Å². The Kier molecular flexibility index (Phi) is 4.71. The van der Waals surface area contributed by atoms with Crippen LogP contribution in [0.15, 0.2) is 78.0 Å². The molecule has 1 unspecified atom stereocenters. The lowest BCUT2D eigenvalue weighted by atomic mass is 9.69. The molecule has 0 spiro atoms. The van der Waals surface area contributed by atoms with Gasteiger partial charge in [0, 0.05) is 30.0 Å². The third-order valence-electron chi connectivity index (χ3n) is 6.58. The van der Waals surface area contributed by atoms with E-state index in [9.17, 15) is 14.9 Å². The molecule has 2 aliphatic rings. The van der Waals surface area contributed by atoms with Gasteiger partial charge in [-0.15, -0.1) is 0 Å². The molecule has 3 aromatic rings. The van der Waals surface area contributed by atoms with Crippen LogP contribution in [0.1, 0.15) is 50.2 Å². The number of ketones is 1. The fourth-order valence-corrected chi connectivity index (χ4v) is 5.17. The number of anilines is 1. The molecule has 1 heterocycles. The number of hydrogen-bond acceptors (Lipinski definition) is 3. The molecule has 3 aromatic carbocycles. The highest BCUT2D eigenvalue weighted by molar-refractivity contribution is 6.08. The molecule has 5 rings (SSSR count). The number of hydrogen-bond donors (Lipinski definition) is 0. The van der Waals surface area contributed by atoms with Crippen LogP contribution in [0.25, 0.3) is 10.8 Å². The Hall–Kier alpha value is -3.71. The van der Waals surface area contributed by atoms with E-state index in [1.807, 2.05) is 24.3 Å². The molecule has 0 N–H and O–H groups in total. The number of amides is 1. The number of fused-ring (bicyclic) bond motifs is 1. The van der Waals surface area contributed by atoms with Crippen molar-refractivity contribution >= 4 is 28.2 Å². The second-order valence-electron chi connectivity index (χ2n) is 9.52. The van der Waals surface area contributed by atoms with Crippen LogP contribution in [-0.4, -0.2) is 11.7 Å². The fourth-order valence-electron chi connectivity index (χ4n) is 5.17. The maximum Gasteiger partial charge on any atom is 0.232 e. The van der Waals surface area contributed by atoms with Crippen molar-refractivity contribution in [2.75, 3.05) is 4.90 Å². The summed E-state index contributed by atoms with van der Waals surface area (Å²) in [5, 5.41) is 11.9. The summed E-state index contributed by atoms with van der Waals surface area (Å²) >= 11 is 0. The van der Waals surface area contributed by atoms with E-state index in [1.54, 1.807) is 23.1 Å². The molecule has 0 fully saturated rings. The molecule has 1 aliphatic heterocycles. The first-order chi connectivity index (χ1) is 15.4. The monoisotopic (exact) mass is 420 g/mol. The number of Topliss-reactive ketones (excluding diaryl/α,β-unsaturated/α-hetero) is 1. The summed E-state index contributed by atoms with van der Waals surface area (Å²) in [6, 6.07) is 23.7. The minimum atomic E-state index is -0.267. The summed E-state index contributed by atoms with van der Waals surface area (Å²) < 4.78 is 0. The topological polar surface area (TPSA) is 61.2 Å². The Labute approximate surface area is 187 Å². The molecule has 32 heavy (non-hydrogen) atoms. The highest BCUT2D eigenvalue weighted by Gasteiger charge is 2.44. The lowest BCUT2D eigenvalue weighted by molar-refractivity contribution is -0.121. The first-order valence-electron chi connectivity index (χ1n) is 10.9. The zero-order valence-corrected chi connectivity index (χ0v) is 18.3. The maximum absolute atomic E-state index is 13.6. The van der Waals surface area contributed by atoms with Crippen molar-refractivity contribution in [2.24, 2.45) is 5.41 Å². The molecular formula is C28H24N2O2. The van der Waals surface area contributed by atoms with E-state index in [1.165, 1.54) is 0 Å². The van der Waals surface area contributed by atoms with Crippen LogP contribution < -0.4 is 4.90 Å². The number of nitrogens with zero attached hydrogens (tertiary/aromatic N) is 2. The van der Waals surface area contributed by atoms with Gasteiger partial charge in [0.1, 0.15) is 6.07 Å². The average Bonchev–Trinajstić information content (AvgIpc) is 2.77. The van der Waals surface area contributed by atoms with Gasteiger partial charge >= 0.3 is 0 Å². The van der Waals surface area contributed by atoms with Gasteiger partial charge in [-0.05, 0) is 40.3 Å². The first kappa shape index (κ1) is 20.2. The van der Waals surface area contributed by atoms with E-state index in [2.05, 4.69) is 44.2 Å². The summed E-state index contributed by atoms with van der Waals surface area (Å²) in [7, 11) is 0. The minimum absolute atomic E-state index is 0.0740. The zero-order valence-electron chi connectivity index (χ0n) is 18.3. The van der Waals surface area contributed by atoms with E-state index in [0.717, 1.165) is 27.6 Å². The Morgan fingerprint density at radius 3 is 2.44 bits per heavy atom. The van der Waals surface area contributed by atoms with Crippen molar-refractivity contribution in [1.29, 1.82) is 5.26 Å². The predicted molar refractivity (Wildman–Crippen MR) is 125 cm³/mol. The van der Waals surface area contributed by atoms with Crippen LogP contribution in [0.5, 0.6) is 0 Å². The van der Waals surface area contributed by atoms with Gasteiger partial charge in [-0.25, -0.2) is 0 Å². The van der Waals surface area contributed by atoms with Crippen LogP contribution in [0.3, 0.4) is 0 Å². The lowest BCUT2D eigenvalue weighted by Crippen LogP contribution is -2.44. The van der Waals surface area contributed by atoms with Gasteiger partial charge in [0.05, 0.1) is 11.3 Å². The maximum atomic E-state index is 13.6. The van der Waals surface area contributed by atoms with Crippen molar-refractivity contribution in [3.05, 3.63) is 89.1 Å². The summed E-state index contributed by atoms with van der Waals surface area (Å²) in [5.74, 6) is -0.243. The number of carbonyl (C=O) groups excluding carboxylic acids is 2. The normalized spacial score (nSPS) is 20.3. The second kappa shape index (κ2) is 7.46. The summed E-state index contributed by atoms with van der Waals surface area (Å²) in [4.78, 5) is 28.7. The van der Waals surface area contributed by atoms with Crippen molar-refractivity contribution in [2.45, 2.75) is 39.0 Å². The highest BCUT2D eigenvalue weighted by atomic mass is 16.2. The molecule has 4 heteroatoms. The quantitative estimate of drug-likeness (QED) is 0.520. The average molecular weight is 421 g/mol. The Bertz CT molecular complexity index is 1340. The van der Waals surface area contributed by atoms with E-state index in [-0.39, 0.29) is 29.4 Å². The molecule has 1 atom stereocenters. The molecular weight excluding hydrogens is 396 g/mol. The number of allylic oxidation sites excluding steroid dienone is 2. The van der Waals surface area contributed by atoms with Crippen molar-refractivity contribution in [1.82, 2.24) is 0 Å². The minimum Gasteiger partial charge on any atom is -0.294 e. The van der Waals surface area contributed by atoms with Gasteiger partial charge in [-0.3, -0.25) is 14.5 Å². The number of rotatable bonds is 2. The fraction of sp³-hybridized carbons (Fsp3) is 0.250. The van der Waals surface area contributed by atoms with Gasteiger partial charge in [0.25, 0.3) is 0 Å². The Morgan fingerprint density at radius 1 is 0.938 bits per heavy atom. The third-order valence-corrected chi connectivity index (χ3v) is 6.58. The van der Waals surface area contributed by atoms with Crippen molar-refractivity contribution in [3.63, 3.8) is 0 Å². The number of carbonyl (C=O) groups is 2. The molecule has 0 radical (unpaired) electrons. The molecule has 1 aliphatic carbocycles. The summed E-state index contributed by atoms with van der Waals surface area (Å²) in [6.07, 6.45) is 1.28. The molecule has 0 saturated carbocycles. The molecule has 4 nitrogen and oxygen atoms in total. The smallest absolute Gasteiger partial charge is 0.232 e. The van der Waals surface area contributed by atoms with E-state index in [0.29, 0.717) is 24.1 Å². The number of para-hydroxylation sites is 1. The third kappa shape index (κ3) is 3.31. The van der Waals surface area contributed by atoms with Crippen molar-refractivity contribution < 1.29 is 9.59 Å². The largest absolute Gasteiger partial charge is 0.294 e. The van der Waals surface area contributed by atoms with E-state index < -0.39 is 0 Å². The molecule has 158 valence electrons. The van der Waals surface area contributed by atoms with Crippen LogP contribution in [0.4, 0.5) is 5.69 Å². The number of nitriles is 1. The highest BCUT2D eigenvalue weighted by Crippen LogP contribution is 2.48. The predicted octanol–water partition coefficient (Wildman–Crippen LogP) is 5.88. The second-order valence-corrected chi connectivity index (χ2v) is 9.52. The zero-order chi connectivity index (χ0) is 22.5. The standard InChI is InChI=1S/C28H24N2O2/c1-28(2)15-24-27(25(31)16-28)22(20-12-11-18-7-3-4-8-19(18)13-20)14-26(32)30(24)23-10-6-5-9-21(23)17-29/h3-13,22H,14-16H2,1-2H3. The Morgan fingerprint density at radius 2 is 1.66 bits per heavy atom. The van der Waals surface area contributed by atoms with Gasteiger partial charge in [-0.2, -0.15) is 5.26 Å². The summed E-state index contributed by atoms with van der Waals surface area (Å²) in [5.41, 5.74) is 3.23.